The molecule has 7 heteroatoms. The van der Waals surface area contributed by atoms with Gasteiger partial charge < -0.3 is 15.5 Å². The number of anilines is 1. The third-order valence-electron chi connectivity index (χ3n) is 4.94. The van der Waals surface area contributed by atoms with Gasteiger partial charge in [0.1, 0.15) is 12.1 Å². The normalized spacial score (nSPS) is 11.1. The van der Waals surface area contributed by atoms with Gasteiger partial charge in [-0.15, -0.1) is 0 Å². The summed E-state index contributed by atoms with van der Waals surface area (Å²) in [6.07, 6.45) is 0. The molecule has 0 aliphatic heterocycles. The van der Waals surface area contributed by atoms with E-state index >= 15 is 0 Å². The van der Waals surface area contributed by atoms with Crippen molar-refractivity contribution in [2.75, 3.05) is 39.0 Å². The van der Waals surface area contributed by atoms with Crippen LogP contribution >= 0.6 is 0 Å². The number of nitriles is 1. The van der Waals surface area contributed by atoms with Crippen LogP contribution < -0.4 is 10.6 Å². The Hall–Kier alpha value is -3.76. The minimum Gasteiger partial charge on any atom is -0.372 e. The number of hydrogen-bond donors (Lipinski definition) is 2. The van der Waals surface area contributed by atoms with Crippen molar-refractivity contribution in [2.24, 2.45) is 0 Å². The van der Waals surface area contributed by atoms with Gasteiger partial charge in [-0.25, -0.2) is 9.97 Å². The monoisotopic (exact) mass is 398 g/mol. The van der Waals surface area contributed by atoms with Crippen LogP contribution in [0.25, 0.3) is 32.8 Å². The molecule has 0 fully saturated rings. The third-order valence-corrected chi connectivity index (χ3v) is 4.94. The molecule has 3 aromatic carbocycles. The third kappa shape index (κ3) is 3.73. The molecule has 0 saturated carbocycles. The molecule has 0 radical (unpaired) electrons. The molecule has 4 aromatic rings. The second-order valence-corrected chi connectivity index (χ2v) is 7.30. The van der Waals surface area contributed by atoms with Gasteiger partial charge in [0, 0.05) is 29.5 Å². The molecular formula is C23H22N6O. The number of para-hydroxylation sites is 1. The van der Waals surface area contributed by atoms with Gasteiger partial charge in [-0.1, -0.05) is 18.2 Å². The van der Waals surface area contributed by atoms with E-state index in [1.54, 1.807) is 6.07 Å². The lowest BCUT2D eigenvalue weighted by Gasteiger charge is -2.12. The Morgan fingerprint density at radius 1 is 1.00 bits per heavy atom. The summed E-state index contributed by atoms with van der Waals surface area (Å²) in [4.78, 5) is 24.4. The Labute approximate surface area is 174 Å². The first-order chi connectivity index (χ1) is 14.6. The highest BCUT2D eigenvalue weighted by atomic mass is 16.1. The molecule has 0 unspecified atom stereocenters. The predicted molar refractivity (Wildman–Crippen MR) is 120 cm³/mol. The number of likely N-dealkylation sites (N-methyl/N-ethyl adjacent to an activating group) is 1. The molecule has 1 aromatic heterocycles. The number of fused-ring (bicyclic) bond motifs is 4. The van der Waals surface area contributed by atoms with Crippen molar-refractivity contribution < 1.29 is 4.79 Å². The Balaban J connectivity index is 1.84. The topological polar surface area (TPSA) is 93.9 Å². The summed E-state index contributed by atoms with van der Waals surface area (Å²) in [6, 6.07) is 17.3. The van der Waals surface area contributed by atoms with Gasteiger partial charge in [-0.2, -0.15) is 5.26 Å². The summed E-state index contributed by atoms with van der Waals surface area (Å²) in [5.41, 5.74) is 4.13. The Kier molecular flexibility index (Phi) is 5.42. The molecule has 0 saturated heterocycles. The zero-order valence-corrected chi connectivity index (χ0v) is 16.9. The summed E-state index contributed by atoms with van der Waals surface area (Å²) in [7, 11) is 3.93. The fourth-order valence-electron chi connectivity index (χ4n) is 3.48. The maximum absolute atomic E-state index is 12.8. The van der Waals surface area contributed by atoms with Crippen molar-refractivity contribution in [1.29, 1.82) is 5.26 Å². The summed E-state index contributed by atoms with van der Waals surface area (Å²) < 4.78 is 0. The molecule has 30 heavy (non-hydrogen) atoms. The van der Waals surface area contributed by atoms with Gasteiger partial charge in [-0.3, -0.25) is 4.79 Å². The van der Waals surface area contributed by atoms with Crippen molar-refractivity contribution in [3.8, 4) is 6.07 Å². The fraction of sp³-hybridized carbons (Fsp3) is 0.217. The molecule has 0 bridgehead atoms. The molecule has 150 valence electrons. The summed E-state index contributed by atoms with van der Waals surface area (Å²) in [6.45, 7) is 1.53. The maximum Gasteiger partial charge on any atom is 0.253 e. The average Bonchev–Trinajstić information content (AvgIpc) is 2.75. The molecular weight excluding hydrogens is 376 g/mol. The van der Waals surface area contributed by atoms with E-state index in [9.17, 15) is 4.79 Å². The van der Waals surface area contributed by atoms with Crippen molar-refractivity contribution in [3.63, 3.8) is 0 Å². The standard InChI is InChI=1S/C23H22N6O/c1-29(2)14-13-26-23(30)17-6-4-8-19-22(17)28-21-16-5-3-7-18(25-12-11-24)15(16)9-10-20(21)27-19/h3-10,25H,12-14H2,1-2H3,(H,26,30). The largest absolute Gasteiger partial charge is 0.372 e. The van der Waals surface area contributed by atoms with Crippen molar-refractivity contribution in [1.82, 2.24) is 20.2 Å². The van der Waals surface area contributed by atoms with Crippen LogP contribution in [0.5, 0.6) is 0 Å². The Morgan fingerprint density at radius 2 is 1.80 bits per heavy atom. The van der Waals surface area contributed by atoms with E-state index in [0.29, 0.717) is 23.1 Å². The highest BCUT2D eigenvalue weighted by Crippen LogP contribution is 2.30. The van der Waals surface area contributed by atoms with Crippen LogP contribution in [0.3, 0.4) is 0 Å². The van der Waals surface area contributed by atoms with Gasteiger partial charge in [0.2, 0.25) is 0 Å². The van der Waals surface area contributed by atoms with Gasteiger partial charge in [0.25, 0.3) is 5.91 Å². The van der Waals surface area contributed by atoms with Crippen LogP contribution in [0.1, 0.15) is 10.4 Å². The van der Waals surface area contributed by atoms with Crippen LogP contribution in [0, 0.1) is 11.3 Å². The molecule has 0 spiro atoms. The molecule has 0 atom stereocenters. The maximum atomic E-state index is 12.8. The van der Waals surface area contributed by atoms with Crippen LogP contribution in [-0.2, 0) is 0 Å². The van der Waals surface area contributed by atoms with E-state index in [1.165, 1.54) is 0 Å². The minimum absolute atomic E-state index is 0.160. The average molecular weight is 398 g/mol. The first-order valence-corrected chi connectivity index (χ1v) is 9.74. The second kappa shape index (κ2) is 8.31. The van der Waals surface area contributed by atoms with E-state index in [4.69, 9.17) is 15.2 Å². The molecule has 1 heterocycles. The van der Waals surface area contributed by atoms with E-state index in [0.717, 1.165) is 34.0 Å². The number of amides is 1. The first kappa shape index (κ1) is 19.6. The van der Waals surface area contributed by atoms with Crippen LogP contribution in [0.2, 0.25) is 0 Å². The Bertz CT molecular complexity index is 1290. The lowest BCUT2D eigenvalue weighted by Crippen LogP contribution is -2.31. The van der Waals surface area contributed by atoms with Crippen molar-refractivity contribution in [2.45, 2.75) is 0 Å². The summed E-state index contributed by atoms with van der Waals surface area (Å²) in [5.74, 6) is -0.160. The van der Waals surface area contributed by atoms with Crippen molar-refractivity contribution in [3.05, 3.63) is 54.1 Å². The predicted octanol–water partition coefficient (Wildman–Crippen LogP) is 3.16. The first-order valence-electron chi connectivity index (χ1n) is 9.74. The highest BCUT2D eigenvalue weighted by molar-refractivity contribution is 6.12. The van der Waals surface area contributed by atoms with E-state index in [1.807, 2.05) is 61.5 Å². The molecule has 0 aliphatic carbocycles. The molecule has 0 aliphatic rings. The number of carbonyl (C=O) groups excluding carboxylic acids is 1. The highest BCUT2D eigenvalue weighted by Gasteiger charge is 2.14. The van der Waals surface area contributed by atoms with Crippen LogP contribution in [0.4, 0.5) is 5.69 Å². The smallest absolute Gasteiger partial charge is 0.253 e. The number of rotatable bonds is 6. The lowest BCUT2D eigenvalue weighted by molar-refractivity contribution is 0.0952. The molecule has 1 amide bonds. The number of benzene rings is 3. The van der Waals surface area contributed by atoms with Crippen LogP contribution in [0.15, 0.2) is 48.5 Å². The van der Waals surface area contributed by atoms with Gasteiger partial charge in [-0.05, 0) is 44.4 Å². The molecule has 2 N–H and O–H groups in total. The van der Waals surface area contributed by atoms with Gasteiger partial charge in [0.05, 0.1) is 28.2 Å². The SMILES string of the molecule is CN(C)CCNC(=O)c1cccc2nc3ccc4c(NCC#N)cccc4c3nc12. The Morgan fingerprint density at radius 3 is 2.60 bits per heavy atom. The van der Waals surface area contributed by atoms with E-state index < -0.39 is 0 Å². The zero-order chi connectivity index (χ0) is 21.1. The zero-order valence-electron chi connectivity index (χ0n) is 16.9. The van der Waals surface area contributed by atoms with Crippen LogP contribution in [-0.4, -0.2) is 54.5 Å². The number of aromatic nitrogens is 2. The quantitative estimate of drug-likeness (QED) is 0.294. The van der Waals surface area contributed by atoms with E-state index in [2.05, 4.69) is 16.7 Å². The fourth-order valence-corrected chi connectivity index (χ4v) is 3.48. The second-order valence-electron chi connectivity index (χ2n) is 7.30. The van der Waals surface area contributed by atoms with Gasteiger partial charge in [0.15, 0.2) is 0 Å². The summed E-state index contributed by atoms with van der Waals surface area (Å²) in [5, 5.41) is 16.8. The summed E-state index contributed by atoms with van der Waals surface area (Å²) >= 11 is 0. The molecule has 4 rings (SSSR count). The number of nitrogens with zero attached hydrogens (tertiary/aromatic N) is 4. The number of carbonyl (C=O) groups is 1. The minimum atomic E-state index is -0.160. The lowest BCUT2D eigenvalue weighted by atomic mass is 10.1. The van der Waals surface area contributed by atoms with E-state index in [-0.39, 0.29) is 12.5 Å². The molecule has 7 nitrogen and oxygen atoms in total. The number of hydrogen-bond acceptors (Lipinski definition) is 6. The number of nitrogens with one attached hydrogen (secondary N) is 2. The van der Waals surface area contributed by atoms with Gasteiger partial charge >= 0.3 is 0 Å². The van der Waals surface area contributed by atoms with Crippen molar-refractivity contribution >= 4 is 44.4 Å².